The predicted molar refractivity (Wildman–Crippen MR) is 101 cm³/mol. The Labute approximate surface area is 152 Å². The van der Waals surface area contributed by atoms with Gasteiger partial charge in [-0.15, -0.1) is 11.3 Å². The molecule has 7 heteroatoms. The number of hydrogen-bond acceptors (Lipinski definition) is 5. The number of benzene rings is 1. The minimum absolute atomic E-state index is 0.0220. The van der Waals surface area contributed by atoms with Crippen LogP contribution in [0.4, 0.5) is 0 Å². The number of rotatable bonds is 4. The molecule has 0 saturated carbocycles. The average Bonchev–Trinajstić information content (AvgIpc) is 3.13. The number of amides is 1. The molecule has 2 heterocycles. The van der Waals surface area contributed by atoms with Crippen molar-refractivity contribution in [3.05, 3.63) is 42.0 Å². The third-order valence-electron chi connectivity index (χ3n) is 4.42. The van der Waals surface area contributed by atoms with E-state index in [1.165, 1.54) is 11.3 Å². The van der Waals surface area contributed by atoms with Gasteiger partial charge in [0.25, 0.3) is 5.91 Å². The normalized spacial score (nSPS) is 18.3. The van der Waals surface area contributed by atoms with Crippen LogP contribution >= 0.6 is 11.3 Å². The first-order valence-electron chi connectivity index (χ1n) is 8.37. The van der Waals surface area contributed by atoms with E-state index in [4.69, 9.17) is 0 Å². The third-order valence-corrected chi connectivity index (χ3v) is 7.87. The third kappa shape index (κ3) is 3.78. The van der Waals surface area contributed by atoms with Crippen molar-refractivity contribution in [2.24, 2.45) is 0 Å². The van der Waals surface area contributed by atoms with Crippen molar-refractivity contribution in [3.63, 3.8) is 0 Å². The van der Waals surface area contributed by atoms with Crippen LogP contribution in [0.25, 0.3) is 10.4 Å². The van der Waals surface area contributed by atoms with E-state index in [0.29, 0.717) is 16.3 Å². The Kier molecular flexibility index (Phi) is 5.27. The molecule has 134 valence electrons. The van der Waals surface area contributed by atoms with Gasteiger partial charge in [-0.2, -0.15) is 0 Å². The van der Waals surface area contributed by atoms with Gasteiger partial charge >= 0.3 is 0 Å². The number of nitrogens with one attached hydrogen (secondary N) is 1. The van der Waals surface area contributed by atoms with E-state index in [2.05, 4.69) is 5.32 Å². The molecule has 1 fully saturated rings. The maximum Gasteiger partial charge on any atom is 0.254 e. The first kappa shape index (κ1) is 18.1. The number of piperazine rings is 1. The highest BCUT2D eigenvalue weighted by molar-refractivity contribution is 7.93. The van der Waals surface area contributed by atoms with Crippen molar-refractivity contribution in [2.75, 3.05) is 25.4 Å². The van der Waals surface area contributed by atoms with Crippen LogP contribution in [0, 0.1) is 0 Å². The fraction of sp³-hybridized carbons (Fsp3) is 0.389. The van der Waals surface area contributed by atoms with Crippen LogP contribution in [0.2, 0.25) is 0 Å². The standard InChI is InChI=1S/C18H22N2O3S2/c1-3-25(22,23)17-8-7-16(24-17)14-5-4-6-15(11-14)18(21)20-10-9-19-12-13(20)2/h4-8,11,13,19H,3,9-10,12H2,1-2H3/t13-/m0/s1. The zero-order valence-electron chi connectivity index (χ0n) is 14.4. The van der Waals surface area contributed by atoms with Crippen molar-refractivity contribution in [2.45, 2.75) is 24.1 Å². The SMILES string of the molecule is CCS(=O)(=O)c1ccc(-c2cccc(C(=O)N3CCNC[C@@H]3C)c2)s1. The lowest BCUT2D eigenvalue weighted by molar-refractivity contribution is 0.0656. The molecule has 1 aliphatic rings. The lowest BCUT2D eigenvalue weighted by Gasteiger charge is -2.34. The molecule has 0 radical (unpaired) electrons. The van der Waals surface area contributed by atoms with Gasteiger partial charge in [0.2, 0.25) is 0 Å². The molecule has 1 aromatic heterocycles. The van der Waals surface area contributed by atoms with Crippen molar-refractivity contribution in [1.82, 2.24) is 10.2 Å². The molecule has 1 aliphatic heterocycles. The van der Waals surface area contributed by atoms with Gasteiger partial charge in [0.15, 0.2) is 9.84 Å². The van der Waals surface area contributed by atoms with E-state index in [1.807, 2.05) is 42.2 Å². The molecule has 1 saturated heterocycles. The van der Waals surface area contributed by atoms with Gasteiger partial charge in [0.1, 0.15) is 4.21 Å². The van der Waals surface area contributed by atoms with Gasteiger partial charge < -0.3 is 10.2 Å². The van der Waals surface area contributed by atoms with E-state index in [-0.39, 0.29) is 17.7 Å². The molecule has 1 amide bonds. The van der Waals surface area contributed by atoms with Crippen LogP contribution in [-0.2, 0) is 9.84 Å². The van der Waals surface area contributed by atoms with Gasteiger partial charge in [-0.3, -0.25) is 4.79 Å². The van der Waals surface area contributed by atoms with Gasteiger partial charge in [-0.25, -0.2) is 8.42 Å². The number of hydrogen-bond donors (Lipinski definition) is 1. The summed E-state index contributed by atoms with van der Waals surface area (Å²) in [4.78, 5) is 15.6. The van der Waals surface area contributed by atoms with Crippen LogP contribution in [-0.4, -0.2) is 50.7 Å². The minimum Gasteiger partial charge on any atom is -0.333 e. The first-order valence-corrected chi connectivity index (χ1v) is 10.8. The summed E-state index contributed by atoms with van der Waals surface area (Å²) < 4.78 is 24.4. The lowest BCUT2D eigenvalue weighted by Crippen LogP contribution is -2.52. The molecule has 25 heavy (non-hydrogen) atoms. The summed E-state index contributed by atoms with van der Waals surface area (Å²) in [5.74, 6) is 0.112. The Hall–Kier alpha value is -1.70. The quantitative estimate of drug-likeness (QED) is 0.888. The second-order valence-corrected chi connectivity index (χ2v) is 9.74. The van der Waals surface area contributed by atoms with Crippen LogP contribution in [0.1, 0.15) is 24.2 Å². The van der Waals surface area contributed by atoms with Gasteiger partial charge in [0.05, 0.1) is 5.75 Å². The predicted octanol–water partition coefficient (Wildman–Crippen LogP) is 2.64. The Morgan fingerprint density at radius 2 is 2.12 bits per heavy atom. The van der Waals surface area contributed by atoms with Crippen LogP contribution in [0.5, 0.6) is 0 Å². The highest BCUT2D eigenvalue weighted by Crippen LogP contribution is 2.32. The number of carbonyl (C=O) groups excluding carboxylic acids is 1. The highest BCUT2D eigenvalue weighted by Gasteiger charge is 2.24. The maximum atomic E-state index is 12.8. The van der Waals surface area contributed by atoms with E-state index >= 15 is 0 Å². The largest absolute Gasteiger partial charge is 0.333 e. The zero-order valence-corrected chi connectivity index (χ0v) is 16.0. The van der Waals surface area contributed by atoms with Gasteiger partial charge in [-0.1, -0.05) is 19.1 Å². The summed E-state index contributed by atoms with van der Waals surface area (Å²) in [6.45, 7) is 5.98. The van der Waals surface area contributed by atoms with E-state index in [1.54, 1.807) is 13.0 Å². The minimum atomic E-state index is -3.20. The molecule has 0 aliphatic carbocycles. The second kappa shape index (κ2) is 7.27. The second-order valence-electron chi connectivity index (χ2n) is 6.15. The molecule has 1 atom stereocenters. The molecule has 0 spiro atoms. The van der Waals surface area contributed by atoms with Crippen LogP contribution in [0.3, 0.4) is 0 Å². The first-order chi connectivity index (χ1) is 11.9. The maximum absolute atomic E-state index is 12.8. The molecule has 1 aromatic carbocycles. The summed E-state index contributed by atoms with van der Waals surface area (Å²) in [7, 11) is -3.20. The van der Waals surface area contributed by atoms with Crippen molar-refractivity contribution in [3.8, 4) is 10.4 Å². The van der Waals surface area contributed by atoms with E-state index < -0.39 is 9.84 Å². The molecular formula is C18H22N2O3S2. The van der Waals surface area contributed by atoms with Gasteiger partial charge in [-0.05, 0) is 36.8 Å². The van der Waals surface area contributed by atoms with Crippen molar-refractivity contribution in [1.29, 1.82) is 0 Å². The van der Waals surface area contributed by atoms with E-state index in [0.717, 1.165) is 23.5 Å². The number of nitrogens with zero attached hydrogens (tertiary/aromatic N) is 1. The molecule has 5 nitrogen and oxygen atoms in total. The summed E-state index contributed by atoms with van der Waals surface area (Å²) >= 11 is 1.25. The molecular weight excluding hydrogens is 356 g/mol. The van der Waals surface area contributed by atoms with Crippen molar-refractivity contribution < 1.29 is 13.2 Å². The highest BCUT2D eigenvalue weighted by atomic mass is 32.2. The molecule has 3 rings (SSSR count). The van der Waals surface area contributed by atoms with Crippen LogP contribution < -0.4 is 5.32 Å². The fourth-order valence-corrected chi connectivity index (χ4v) is 5.32. The van der Waals surface area contributed by atoms with Gasteiger partial charge in [0, 0.05) is 36.1 Å². The number of sulfone groups is 1. The average molecular weight is 379 g/mol. The summed E-state index contributed by atoms with van der Waals surface area (Å²) in [6, 6.07) is 11.0. The summed E-state index contributed by atoms with van der Waals surface area (Å²) in [5, 5.41) is 3.28. The fourth-order valence-electron chi connectivity index (χ4n) is 2.90. The monoisotopic (exact) mass is 378 g/mol. The smallest absolute Gasteiger partial charge is 0.254 e. The Morgan fingerprint density at radius 1 is 1.32 bits per heavy atom. The Bertz CT molecular complexity index is 874. The Morgan fingerprint density at radius 3 is 2.84 bits per heavy atom. The molecule has 1 N–H and O–H groups in total. The Balaban J connectivity index is 1.88. The molecule has 0 unspecified atom stereocenters. The summed E-state index contributed by atoms with van der Waals surface area (Å²) in [6.07, 6.45) is 0. The topological polar surface area (TPSA) is 66.5 Å². The van der Waals surface area contributed by atoms with Crippen LogP contribution in [0.15, 0.2) is 40.6 Å². The molecule has 2 aromatic rings. The number of carbonyl (C=O) groups is 1. The van der Waals surface area contributed by atoms with E-state index in [9.17, 15) is 13.2 Å². The molecule has 0 bridgehead atoms. The number of thiophene rings is 1. The zero-order chi connectivity index (χ0) is 18.0. The lowest BCUT2D eigenvalue weighted by atomic mass is 10.1. The summed E-state index contributed by atoms with van der Waals surface area (Å²) in [5.41, 5.74) is 1.51. The van der Waals surface area contributed by atoms with Crippen molar-refractivity contribution >= 4 is 27.1 Å².